The summed E-state index contributed by atoms with van der Waals surface area (Å²) in [5, 5.41) is 19.1. The Kier molecular flexibility index (Phi) is 5.79. The highest BCUT2D eigenvalue weighted by Crippen LogP contribution is 2.41. The molecule has 5 rings (SSSR count). The molecule has 2 aromatic carbocycles. The molecule has 0 bridgehead atoms. The summed E-state index contributed by atoms with van der Waals surface area (Å²) in [6.07, 6.45) is 1.56. The zero-order valence-corrected chi connectivity index (χ0v) is 18.4. The van der Waals surface area contributed by atoms with E-state index in [1.807, 2.05) is 4.90 Å². The van der Waals surface area contributed by atoms with E-state index >= 15 is 0 Å². The highest BCUT2D eigenvalue weighted by atomic mass is 35.5. The number of anilines is 1. The van der Waals surface area contributed by atoms with Crippen LogP contribution in [0.1, 0.15) is 57.7 Å². The van der Waals surface area contributed by atoms with Gasteiger partial charge in [0.15, 0.2) is 5.58 Å². The van der Waals surface area contributed by atoms with E-state index in [9.17, 15) is 24.1 Å². The molecular weight excluding hydrogens is 455 g/mol. The van der Waals surface area contributed by atoms with E-state index < -0.39 is 22.6 Å². The number of carbonyl (C=O) groups is 2. The number of imide groups is 1. The van der Waals surface area contributed by atoms with Crippen molar-refractivity contribution in [2.24, 2.45) is 0 Å². The molecule has 2 aliphatic heterocycles. The van der Waals surface area contributed by atoms with Crippen LogP contribution in [-0.2, 0) is 6.42 Å². The number of piperidine rings is 1. The Labute approximate surface area is 193 Å². The van der Waals surface area contributed by atoms with E-state index in [-0.39, 0.29) is 47.1 Å². The van der Waals surface area contributed by atoms with Crippen LogP contribution in [0.5, 0.6) is 0 Å². The normalized spacial score (nSPS) is 16.0. The Bertz CT molecular complexity index is 1300. The van der Waals surface area contributed by atoms with E-state index in [2.05, 4.69) is 10.5 Å². The molecule has 3 heterocycles. The number of rotatable bonds is 4. The summed E-state index contributed by atoms with van der Waals surface area (Å²) in [6.45, 7) is 2.73. The van der Waals surface area contributed by atoms with Crippen molar-refractivity contribution < 1.29 is 23.4 Å². The summed E-state index contributed by atoms with van der Waals surface area (Å²) >= 11 is 0. The van der Waals surface area contributed by atoms with Crippen LogP contribution in [0.15, 0.2) is 28.8 Å². The summed E-state index contributed by atoms with van der Waals surface area (Å²) in [5.74, 6) is -1.47. The molecule has 0 atom stereocenters. The number of benzene rings is 2. The number of carbonyl (C=O) groups excluding carboxylic acids is 2. The predicted molar refractivity (Wildman–Crippen MR) is 120 cm³/mol. The molecule has 1 N–H and O–H groups in total. The van der Waals surface area contributed by atoms with Crippen molar-refractivity contribution >= 4 is 46.6 Å². The molecule has 11 heteroatoms. The number of hydrogen-bond donors (Lipinski definition) is 1. The van der Waals surface area contributed by atoms with Gasteiger partial charge in [-0.3, -0.25) is 25.0 Å². The van der Waals surface area contributed by atoms with Gasteiger partial charge in [0.1, 0.15) is 11.5 Å². The van der Waals surface area contributed by atoms with Gasteiger partial charge < -0.3 is 9.42 Å². The predicted octanol–water partition coefficient (Wildman–Crippen LogP) is 4.13. The lowest BCUT2D eigenvalue weighted by atomic mass is 9.90. The third-order valence-corrected chi connectivity index (χ3v) is 6.30. The Morgan fingerprint density at radius 2 is 1.97 bits per heavy atom. The number of halogens is 2. The van der Waals surface area contributed by atoms with Gasteiger partial charge in [0.25, 0.3) is 17.5 Å². The van der Waals surface area contributed by atoms with Crippen molar-refractivity contribution in [1.29, 1.82) is 0 Å². The third kappa shape index (κ3) is 3.60. The molecule has 0 saturated carbocycles. The van der Waals surface area contributed by atoms with Crippen LogP contribution in [0.2, 0.25) is 0 Å². The van der Waals surface area contributed by atoms with Crippen molar-refractivity contribution in [2.45, 2.75) is 32.1 Å². The van der Waals surface area contributed by atoms with Crippen molar-refractivity contribution in [2.75, 3.05) is 18.0 Å². The van der Waals surface area contributed by atoms with Gasteiger partial charge in [0, 0.05) is 36.0 Å². The van der Waals surface area contributed by atoms with Crippen molar-refractivity contribution in [3.05, 3.63) is 62.6 Å². The number of hydrogen-bond acceptors (Lipinski definition) is 7. The van der Waals surface area contributed by atoms with Gasteiger partial charge in [-0.15, -0.1) is 12.4 Å². The fourth-order valence-electron chi connectivity index (χ4n) is 4.79. The standard InChI is InChI=1S/C22H19FN4O5.ClH/c1-2-13-18-15(21(28)24-22(18)29)10-16(20(13)27(30)31)26-7-5-11(6-8-26)19-14-4-3-12(23)9-17(14)32-25-19;/h3-4,9-11H,2,5-8H2,1H3,(H,24,28,29);1H. The first-order valence-corrected chi connectivity index (χ1v) is 10.4. The highest BCUT2D eigenvalue weighted by Gasteiger charge is 2.38. The molecular formula is C22H20ClFN4O5. The maximum absolute atomic E-state index is 13.4. The maximum Gasteiger partial charge on any atom is 0.296 e. The van der Waals surface area contributed by atoms with Gasteiger partial charge in [-0.25, -0.2) is 4.39 Å². The third-order valence-electron chi connectivity index (χ3n) is 6.30. The Balaban J connectivity index is 0.00000259. The second kappa shape index (κ2) is 8.43. The summed E-state index contributed by atoms with van der Waals surface area (Å²) < 4.78 is 18.7. The lowest BCUT2D eigenvalue weighted by Gasteiger charge is -2.33. The number of amides is 2. The van der Waals surface area contributed by atoms with Crippen LogP contribution in [-0.4, -0.2) is 35.0 Å². The van der Waals surface area contributed by atoms with Crippen LogP contribution in [0.4, 0.5) is 15.8 Å². The fourth-order valence-corrected chi connectivity index (χ4v) is 4.79. The Morgan fingerprint density at radius 3 is 2.64 bits per heavy atom. The average Bonchev–Trinajstić information content (AvgIpc) is 3.32. The molecule has 2 amide bonds. The molecule has 2 aliphatic rings. The molecule has 33 heavy (non-hydrogen) atoms. The molecule has 1 aromatic heterocycles. The lowest BCUT2D eigenvalue weighted by Crippen LogP contribution is -2.34. The molecule has 1 saturated heterocycles. The number of nitrogens with zero attached hydrogens (tertiary/aromatic N) is 3. The monoisotopic (exact) mass is 474 g/mol. The zero-order valence-electron chi connectivity index (χ0n) is 17.6. The number of nitrogens with one attached hydrogen (secondary N) is 1. The molecule has 1 fully saturated rings. The first-order valence-electron chi connectivity index (χ1n) is 10.4. The molecule has 0 spiro atoms. The second-order valence-electron chi connectivity index (χ2n) is 8.01. The van der Waals surface area contributed by atoms with Crippen LogP contribution in [0.3, 0.4) is 0 Å². The first-order chi connectivity index (χ1) is 15.4. The van der Waals surface area contributed by atoms with Crippen LogP contribution in [0.25, 0.3) is 11.0 Å². The molecule has 9 nitrogen and oxygen atoms in total. The van der Waals surface area contributed by atoms with Crippen LogP contribution in [0, 0.1) is 15.9 Å². The minimum Gasteiger partial charge on any atom is -0.366 e. The van der Waals surface area contributed by atoms with Gasteiger partial charge >= 0.3 is 0 Å². The smallest absolute Gasteiger partial charge is 0.296 e. The van der Waals surface area contributed by atoms with Gasteiger partial charge in [0.2, 0.25) is 0 Å². The van der Waals surface area contributed by atoms with Gasteiger partial charge in [-0.1, -0.05) is 12.1 Å². The summed E-state index contributed by atoms with van der Waals surface area (Å²) in [4.78, 5) is 37.8. The summed E-state index contributed by atoms with van der Waals surface area (Å²) in [5.41, 5.74) is 1.92. The number of aromatic nitrogens is 1. The van der Waals surface area contributed by atoms with Crippen LogP contribution < -0.4 is 10.2 Å². The van der Waals surface area contributed by atoms with E-state index in [4.69, 9.17) is 4.52 Å². The molecule has 0 unspecified atom stereocenters. The first kappa shape index (κ1) is 22.7. The van der Waals surface area contributed by atoms with Gasteiger partial charge in [-0.05, 0) is 37.5 Å². The van der Waals surface area contributed by atoms with Gasteiger partial charge in [0.05, 0.1) is 21.7 Å². The van der Waals surface area contributed by atoms with Crippen LogP contribution >= 0.6 is 12.4 Å². The quantitative estimate of drug-likeness (QED) is 0.343. The van der Waals surface area contributed by atoms with E-state index in [0.29, 0.717) is 37.2 Å². The molecule has 3 aromatic rings. The molecule has 0 radical (unpaired) electrons. The van der Waals surface area contributed by atoms with Crippen molar-refractivity contribution in [3.8, 4) is 0 Å². The number of nitro groups is 1. The second-order valence-corrected chi connectivity index (χ2v) is 8.01. The SMILES string of the molecule is CCc1c2c(cc(N3CCC(c4noc5cc(F)ccc45)CC3)c1[N+](=O)[O-])C(=O)NC2=O.Cl. The van der Waals surface area contributed by atoms with Crippen molar-refractivity contribution in [3.63, 3.8) is 0 Å². The largest absolute Gasteiger partial charge is 0.366 e. The molecule has 172 valence electrons. The topological polar surface area (TPSA) is 119 Å². The Hall–Kier alpha value is -3.53. The average molecular weight is 475 g/mol. The van der Waals surface area contributed by atoms with E-state index in [1.165, 1.54) is 18.2 Å². The minimum atomic E-state index is -0.593. The van der Waals surface area contributed by atoms with Crippen molar-refractivity contribution in [1.82, 2.24) is 10.5 Å². The summed E-state index contributed by atoms with van der Waals surface area (Å²) in [6, 6.07) is 5.77. The van der Waals surface area contributed by atoms with E-state index in [1.54, 1.807) is 13.0 Å². The number of fused-ring (bicyclic) bond motifs is 2. The number of nitro benzene ring substituents is 1. The summed E-state index contributed by atoms with van der Waals surface area (Å²) in [7, 11) is 0. The zero-order chi connectivity index (χ0) is 22.6. The maximum atomic E-state index is 13.4. The minimum absolute atomic E-state index is 0. The molecule has 0 aliphatic carbocycles. The van der Waals surface area contributed by atoms with E-state index in [0.717, 1.165) is 11.1 Å². The lowest BCUT2D eigenvalue weighted by molar-refractivity contribution is -0.384. The fraction of sp³-hybridized carbons (Fsp3) is 0.318. The highest BCUT2D eigenvalue weighted by molar-refractivity contribution is 6.23. The Morgan fingerprint density at radius 1 is 1.24 bits per heavy atom. The van der Waals surface area contributed by atoms with Gasteiger partial charge in [-0.2, -0.15) is 0 Å².